The normalized spacial score (nSPS) is 11.8. The maximum absolute atomic E-state index is 5.93. The van der Waals surface area contributed by atoms with Crippen LogP contribution in [0, 0.1) is 13.8 Å². The summed E-state index contributed by atoms with van der Waals surface area (Å²) in [5.74, 6) is 0.663. The van der Waals surface area contributed by atoms with Crippen LogP contribution in [0.5, 0.6) is 0 Å². The number of hydrogen-bond donors (Lipinski definition) is 0. The zero-order valence-corrected chi connectivity index (χ0v) is 9.57. The van der Waals surface area contributed by atoms with E-state index in [0.717, 1.165) is 0 Å². The van der Waals surface area contributed by atoms with Crippen molar-refractivity contribution in [2.24, 2.45) is 0 Å². The van der Waals surface area contributed by atoms with Crippen LogP contribution < -0.4 is 0 Å². The van der Waals surface area contributed by atoms with Crippen LogP contribution >= 0.6 is 11.6 Å². The van der Waals surface area contributed by atoms with E-state index in [-0.39, 0.29) is 5.41 Å². The molecule has 0 bridgehead atoms. The van der Waals surface area contributed by atoms with Crippen LogP contribution in [0.2, 0.25) is 0 Å². The van der Waals surface area contributed by atoms with Gasteiger partial charge in [0.15, 0.2) is 0 Å². The summed E-state index contributed by atoms with van der Waals surface area (Å²) in [5, 5.41) is 0. The smallest absolute Gasteiger partial charge is 0.0315 e. The molecule has 1 rings (SSSR count). The van der Waals surface area contributed by atoms with Crippen molar-refractivity contribution < 1.29 is 0 Å². The summed E-state index contributed by atoms with van der Waals surface area (Å²) in [4.78, 5) is 0. The second-order valence-electron chi connectivity index (χ2n) is 4.39. The van der Waals surface area contributed by atoms with E-state index in [1.54, 1.807) is 0 Å². The molecule has 0 N–H and O–H groups in total. The summed E-state index contributed by atoms with van der Waals surface area (Å²) in [6.07, 6.45) is 0. The standard InChI is InChI=1S/C12H17Cl/c1-9-5-10(2)7-11(6-9)12(3,4)8-13/h5-7H,8H2,1-4H3. The Balaban J connectivity index is 3.15. The van der Waals surface area contributed by atoms with E-state index >= 15 is 0 Å². The molecule has 0 amide bonds. The van der Waals surface area contributed by atoms with Crippen molar-refractivity contribution in [3.05, 3.63) is 34.9 Å². The van der Waals surface area contributed by atoms with Crippen LogP contribution in [0.15, 0.2) is 18.2 Å². The van der Waals surface area contributed by atoms with Gasteiger partial charge in [-0.05, 0) is 19.4 Å². The molecule has 0 unspecified atom stereocenters. The minimum Gasteiger partial charge on any atom is -0.126 e. The lowest BCUT2D eigenvalue weighted by Crippen LogP contribution is -2.19. The fourth-order valence-corrected chi connectivity index (χ4v) is 1.60. The van der Waals surface area contributed by atoms with E-state index in [4.69, 9.17) is 11.6 Å². The molecule has 0 radical (unpaired) electrons. The summed E-state index contributed by atoms with van der Waals surface area (Å²) in [6.45, 7) is 8.60. The van der Waals surface area contributed by atoms with E-state index < -0.39 is 0 Å². The molecular formula is C12H17Cl. The van der Waals surface area contributed by atoms with Gasteiger partial charge in [-0.15, -0.1) is 11.6 Å². The monoisotopic (exact) mass is 196 g/mol. The van der Waals surface area contributed by atoms with Gasteiger partial charge in [0.25, 0.3) is 0 Å². The predicted octanol–water partition coefficient (Wildman–Crippen LogP) is 3.82. The molecule has 0 aliphatic carbocycles. The molecule has 0 aliphatic rings. The Kier molecular flexibility index (Phi) is 3.02. The Bertz CT molecular complexity index is 280. The number of hydrogen-bond acceptors (Lipinski definition) is 0. The van der Waals surface area contributed by atoms with Gasteiger partial charge < -0.3 is 0 Å². The van der Waals surface area contributed by atoms with Crippen molar-refractivity contribution in [3.8, 4) is 0 Å². The van der Waals surface area contributed by atoms with Crippen LogP contribution in [-0.2, 0) is 5.41 Å². The molecule has 0 spiro atoms. The maximum Gasteiger partial charge on any atom is 0.0315 e. The Labute approximate surface area is 85.9 Å². The van der Waals surface area contributed by atoms with Crippen molar-refractivity contribution >= 4 is 11.6 Å². The van der Waals surface area contributed by atoms with Crippen LogP contribution in [0.25, 0.3) is 0 Å². The number of benzene rings is 1. The number of rotatable bonds is 2. The fraction of sp³-hybridized carbons (Fsp3) is 0.500. The molecule has 0 nitrogen and oxygen atoms in total. The lowest BCUT2D eigenvalue weighted by Gasteiger charge is -2.23. The zero-order valence-electron chi connectivity index (χ0n) is 8.82. The van der Waals surface area contributed by atoms with Crippen LogP contribution in [0.4, 0.5) is 0 Å². The second-order valence-corrected chi connectivity index (χ2v) is 4.66. The highest BCUT2D eigenvalue weighted by Crippen LogP contribution is 2.26. The molecule has 1 aromatic carbocycles. The molecule has 1 heteroatoms. The van der Waals surface area contributed by atoms with Crippen LogP contribution in [0.3, 0.4) is 0 Å². The van der Waals surface area contributed by atoms with Crippen molar-refractivity contribution in [1.82, 2.24) is 0 Å². The molecular weight excluding hydrogens is 180 g/mol. The van der Waals surface area contributed by atoms with E-state index in [1.807, 2.05) is 0 Å². The van der Waals surface area contributed by atoms with Gasteiger partial charge in [-0.1, -0.05) is 43.2 Å². The van der Waals surface area contributed by atoms with Crippen LogP contribution in [0.1, 0.15) is 30.5 Å². The molecule has 0 saturated heterocycles. The summed E-state index contributed by atoms with van der Waals surface area (Å²) < 4.78 is 0. The molecule has 0 fully saturated rings. The Morgan fingerprint density at radius 1 is 1.08 bits per heavy atom. The largest absolute Gasteiger partial charge is 0.126 e. The first kappa shape index (κ1) is 10.6. The first-order valence-corrected chi connectivity index (χ1v) is 5.14. The fourth-order valence-electron chi connectivity index (χ4n) is 1.44. The zero-order chi connectivity index (χ0) is 10.1. The molecule has 0 saturated carbocycles. The molecule has 13 heavy (non-hydrogen) atoms. The molecule has 0 atom stereocenters. The average molecular weight is 197 g/mol. The van der Waals surface area contributed by atoms with Gasteiger partial charge in [0.2, 0.25) is 0 Å². The van der Waals surface area contributed by atoms with Gasteiger partial charge >= 0.3 is 0 Å². The maximum atomic E-state index is 5.93. The first-order chi connectivity index (χ1) is 5.95. The SMILES string of the molecule is Cc1cc(C)cc(C(C)(C)CCl)c1. The van der Waals surface area contributed by atoms with Gasteiger partial charge in [0, 0.05) is 11.3 Å². The molecule has 0 aliphatic heterocycles. The quantitative estimate of drug-likeness (QED) is 0.631. The van der Waals surface area contributed by atoms with Crippen molar-refractivity contribution in [2.75, 3.05) is 5.88 Å². The second kappa shape index (κ2) is 3.71. The highest BCUT2D eigenvalue weighted by Gasteiger charge is 2.19. The Morgan fingerprint density at radius 2 is 1.54 bits per heavy atom. The van der Waals surface area contributed by atoms with Gasteiger partial charge in [0.05, 0.1) is 0 Å². The summed E-state index contributed by atoms with van der Waals surface area (Å²) in [7, 11) is 0. The van der Waals surface area contributed by atoms with Gasteiger partial charge in [-0.2, -0.15) is 0 Å². The lowest BCUT2D eigenvalue weighted by molar-refractivity contribution is 0.597. The van der Waals surface area contributed by atoms with E-state index in [2.05, 4.69) is 45.9 Å². The van der Waals surface area contributed by atoms with Gasteiger partial charge in [-0.25, -0.2) is 0 Å². The number of alkyl halides is 1. The van der Waals surface area contributed by atoms with Gasteiger partial charge in [-0.3, -0.25) is 0 Å². The van der Waals surface area contributed by atoms with E-state index in [0.29, 0.717) is 5.88 Å². The van der Waals surface area contributed by atoms with Crippen molar-refractivity contribution in [2.45, 2.75) is 33.1 Å². The van der Waals surface area contributed by atoms with E-state index in [1.165, 1.54) is 16.7 Å². The minimum atomic E-state index is 0.0817. The van der Waals surface area contributed by atoms with Gasteiger partial charge in [0.1, 0.15) is 0 Å². The van der Waals surface area contributed by atoms with Crippen molar-refractivity contribution in [1.29, 1.82) is 0 Å². The number of halogens is 1. The highest BCUT2D eigenvalue weighted by molar-refractivity contribution is 6.18. The summed E-state index contributed by atoms with van der Waals surface area (Å²) >= 11 is 5.93. The molecule has 0 aromatic heterocycles. The molecule has 0 heterocycles. The third-order valence-electron chi connectivity index (χ3n) is 2.34. The topological polar surface area (TPSA) is 0 Å². The number of aryl methyl sites for hydroxylation is 2. The van der Waals surface area contributed by atoms with Crippen molar-refractivity contribution in [3.63, 3.8) is 0 Å². The molecule has 1 aromatic rings. The van der Waals surface area contributed by atoms with Crippen LogP contribution in [-0.4, -0.2) is 5.88 Å². The summed E-state index contributed by atoms with van der Waals surface area (Å²) in [5.41, 5.74) is 4.04. The highest BCUT2D eigenvalue weighted by atomic mass is 35.5. The Hall–Kier alpha value is -0.490. The minimum absolute atomic E-state index is 0.0817. The Morgan fingerprint density at radius 3 is 1.92 bits per heavy atom. The molecule has 72 valence electrons. The summed E-state index contributed by atoms with van der Waals surface area (Å²) in [6, 6.07) is 6.62. The predicted molar refractivity (Wildman–Crippen MR) is 59.7 cm³/mol. The third kappa shape index (κ3) is 2.47. The van der Waals surface area contributed by atoms with E-state index in [9.17, 15) is 0 Å². The third-order valence-corrected chi connectivity index (χ3v) is 3.01. The lowest BCUT2D eigenvalue weighted by atomic mass is 9.85. The first-order valence-electron chi connectivity index (χ1n) is 4.60. The average Bonchev–Trinajstić information content (AvgIpc) is 2.02.